The summed E-state index contributed by atoms with van der Waals surface area (Å²) in [6, 6.07) is 25.7. The Bertz CT molecular complexity index is 1140. The van der Waals surface area contributed by atoms with Crippen LogP contribution in [0.5, 0.6) is 0 Å². The van der Waals surface area contributed by atoms with Gasteiger partial charge >= 0.3 is 37.7 Å². The fourth-order valence-electron chi connectivity index (χ4n) is 4.29. The fraction of sp³-hybridized carbons (Fsp3) is 0.312. The Hall–Kier alpha value is -1.96. The average molecular weight is 510 g/mol. The van der Waals surface area contributed by atoms with Crippen molar-refractivity contribution in [3.63, 3.8) is 0 Å². The maximum absolute atomic E-state index is 13.9. The van der Waals surface area contributed by atoms with E-state index in [1.54, 1.807) is 24.3 Å². The Morgan fingerprint density at radius 1 is 1.05 bits per heavy atom. The van der Waals surface area contributed by atoms with Crippen molar-refractivity contribution in [2.75, 3.05) is 13.1 Å². The molecule has 1 aliphatic carbocycles. The smallest absolute Gasteiger partial charge is 0.855 e. The zero-order valence-electron chi connectivity index (χ0n) is 23.4. The summed E-state index contributed by atoms with van der Waals surface area (Å²) in [4.78, 5) is 6.81. The van der Waals surface area contributed by atoms with E-state index in [4.69, 9.17) is 5.11 Å². The van der Waals surface area contributed by atoms with Crippen LogP contribution in [-0.2, 0) is 6.54 Å². The Morgan fingerprint density at radius 3 is 2.28 bits per heavy atom. The van der Waals surface area contributed by atoms with Crippen molar-refractivity contribution in [2.24, 2.45) is 16.8 Å². The van der Waals surface area contributed by atoms with Gasteiger partial charge in [0.1, 0.15) is 5.82 Å². The minimum absolute atomic E-state index is 0. The summed E-state index contributed by atoms with van der Waals surface area (Å²) in [6.07, 6.45) is 7.13. The largest absolute Gasteiger partial charge is 1.00 e. The molecule has 4 nitrogen and oxygen atoms in total. The molecule has 0 atom stereocenters. The minimum atomic E-state index is -0.444. The van der Waals surface area contributed by atoms with Crippen LogP contribution in [0.25, 0.3) is 5.41 Å². The molecule has 0 bridgehead atoms. The number of aliphatic hydroxyl groups excluding tert-OH is 1. The predicted octanol–water partition coefficient (Wildman–Crippen LogP) is 0.374. The number of para-hydroxylation sites is 1. The van der Waals surface area contributed by atoms with E-state index in [0.717, 1.165) is 56.6 Å². The molecule has 39 heavy (non-hydrogen) atoms. The van der Waals surface area contributed by atoms with E-state index in [1.165, 1.54) is 6.07 Å². The molecule has 1 aliphatic heterocycles. The maximum atomic E-state index is 13.9. The third-order valence-corrected chi connectivity index (χ3v) is 6.53. The minimum Gasteiger partial charge on any atom is -0.855 e. The molecule has 0 spiro atoms. The molecule has 1 heterocycles. The summed E-state index contributed by atoms with van der Waals surface area (Å²) in [5, 5.41) is 18.9. The van der Waals surface area contributed by atoms with Crippen LogP contribution in [0.15, 0.2) is 71.7 Å². The zero-order valence-corrected chi connectivity index (χ0v) is 23.4. The van der Waals surface area contributed by atoms with Gasteiger partial charge in [-0.3, -0.25) is 6.07 Å². The molecule has 0 unspecified atom stereocenters. The van der Waals surface area contributed by atoms with Gasteiger partial charge in [0, 0.05) is 6.10 Å². The van der Waals surface area contributed by atoms with Crippen molar-refractivity contribution in [1.82, 2.24) is 4.90 Å². The summed E-state index contributed by atoms with van der Waals surface area (Å²) >= 11 is 0. The quantitative estimate of drug-likeness (QED) is 0.297. The van der Waals surface area contributed by atoms with Crippen LogP contribution in [0, 0.1) is 44.1 Å². The second-order valence-corrected chi connectivity index (χ2v) is 9.47. The molecule has 2 fully saturated rings. The SMILES string of the molecule is [CH2-]C1CC(O)C1.[CH3-].[Li+].[Li+].[N-]=C(c1[c-]cc(CN2CCC([C-]=Nc3[c-]cccc3)CC2)cc1)c1ccccc1F. The van der Waals surface area contributed by atoms with E-state index in [2.05, 4.69) is 35.2 Å². The number of nitrogens with zero attached hydrogens (tertiary/aromatic N) is 3. The summed E-state index contributed by atoms with van der Waals surface area (Å²) in [5.41, 5.74) is 2.53. The van der Waals surface area contributed by atoms with Gasteiger partial charge in [-0.25, -0.2) is 21.9 Å². The number of aliphatic hydroxyl groups is 1. The molecular formula is C32H34FLi2N3O-4. The molecule has 7 heteroatoms. The van der Waals surface area contributed by atoms with E-state index in [9.17, 15) is 9.80 Å². The Morgan fingerprint density at radius 2 is 1.74 bits per heavy atom. The standard InChI is InChI=1S/C26H22FN3.C5H9O.CH3.2Li/c27-25-9-5-4-8-24(25)26(28)22-12-10-21(11-13-22)19-30-16-14-20(15-17-30)18-29-23-6-2-1-3-7-23;1-4-2-5(6)3-4;;;/h1-6,8-12,20H,14-17,19H2;4-6H,1-3H2;1H3;;/q-4;2*-1;2*+1. The van der Waals surface area contributed by atoms with Crippen LogP contribution in [0.1, 0.15) is 42.4 Å². The zero-order chi connectivity index (χ0) is 25.3. The summed E-state index contributed by atoms with van der Waals surface area (Å²) in [5.74, 6) is 0.469. The van der Waals surface area contributed by atoms with Crippen molar-refractivity contribution in [3.05, 3.63) is 121 Å². The van der Waals surface area contributed by atoms with E-state index >= 15 is 0 Å². The molecule has 3 aromatic carbocycles. The molecule has 2 aliphatic rings. The third-order valence-electron chi connectivity index (χ3n) is 6.53. The van der Waals surface area contributed by atoms with Crippen LogP contribution in [0.4, 0.5) is 10.1 Å². The average Bonchev–Trinajstić information content (AvgIpc) is 2.89. The molecule has 0 aromatic heterocycles. The Labute approximate surface area is 258 Å². The number of aliphatic imine (C=N–C) groups is 1. The number of benzene rings is 3. The predicted molar refractivity (Wildman–Crippen MR) is 149 cm³/mol. The summed E-state index contributed by atoms with van der Waals surface area (Å²) in [7, 11) is 0. The Balaban J connectivity index is 0.000000750. The molecular weight excluding hydrogens is 475 g/mol. The molecule has 0 radical (unpaired) electrons. The van der Waals surface area contributed by atoms with Crippen LogP contribution in [-0.4, -0.2) is 41.1 Å². The number of piperidine rings is 1. The van der Waals surface area contributed by atoms with E-state index in [0.29, 0.717) is 17.4 Å². The summed E-state index contributed by atoms with van der Waals surface area (Å²) in [6.45, 7) is 6.53. The topological polar surface area (TPSA) is 58.1 Å². The van der Waals surface area contributed by atoms with Gasteiger partial charge in [-0.15, -0.1) is 29.8 Å². The monoisotopic (exact) mass is 509 g/mol. The number of hydrogen-bond donors (Lipinski definition) is 1. The number of halogens is 1. The van der Waals surface area contributed by atoms with Crippen LogP contribution < -0.4 is 37.7 Å². The summed E-state index contributed by atoms with van der Waals surface area (Å²) < 4.78 is 13.9. The van der Waals surface area contributed by atoms with Crippen molar-refractivity contribution in [1.29, 1.82) is 0 Å². The molecule has 0 amide bonds. The number of likely N-dealkylation sites (tertiary alicyclic amines) is 1. The van der Waals surface area contributed by atoms with Gasteiger partial charge in [0.15, 0.2) is 0 Å². The first-order valence-electron chi connectivity index (χ1n) is 12.5. The molecule has 1 N–H and O–H groups in total. The van der Waals surface area contributed by atoms with Crippen molar-refractivity contribution < 1.29 is 47.2 Å². The van der Waals surface area contributed by atoms with Gasteiger partial charge in [-0.05, 0) is 44.1 Å². The van der Waals surface area contributed by atoms with Gasteiger partial charge in [0.05, 0.1) is 0 Å². The van der Waals surface area contributed by atoms with Crippen LogP contribution in [0.2, 0.25) is 0 Å². The van der Waals surface area contributed by atoms with Gasteiger partial charge in [0.25, 0.3) is 0 Å². The van der Waals surface area contributed by atoms with Crippen LogP contribution in [0.3, 0.4) is 0 Å². The second kappa shape index (κ2) is 17.7. The maximum Gasteiger partial charge on any atom is 1.00 e. The molecule has 5 rings (SSSR count). The molecule has 196 valence electrons. The molecule has 1 saturated carbocycles. The van der Waals surface area contributed by atoms with Gasteiger partial charge in [-0.1, -0.05) is 37.0 Å². The molecule has 3 aromatic rings. The normalized spacial score (nSPS) is 18.8. The van der Waals surface area contributed by atoms with Crippen LogP contribution >= 0.6 is 0 Å². The van der Waals surface area contributed by atoms with Gasteiger partial charge < -0.3 is 34.8 Å². The van der Waals surface area contributed by atoms with Crippen molar-refractivity contribution >= 4 is 17.6 Å². The van der Waals surface area contributed by atoms with Crippen molar-refractivity contribution in [3.8, 4) is 0 Å². The fourth-order valence-corrected chi connectivity index (χ4v) is 4.29. The first-order valence-corrected chi connectivity index (χ1v) is 12.5. The Kier molecular flexibility index (Phi) is 15.9. The van der Waals surface area contributed by atoms with E-state index < -0.39 is 5.82 Å². The first kappa shape index (κ1) is 35.1. The third kappa shape index (κ3) is 10.9. The first-order chi connectivity index (χ1) is 17.5. The number of rotatable bonds is 6. The second-order valence-electron chi connectivity index (χ2n) is 9.47. The van der Waals surface area contributed by atoms with Crippen molar-refractivity contribution in [2.45, 2.75) is 38.3 Å². The number of hydrogen-bond acceptors (Lipinski definition) is 3. The van der Waals surface area contributed by atoms with E-state index in [-0.39, 0.29) is 62.5 Å². The van der Waals surface area contributed by atoms with Gasteiger partial charge in [0.2, 0.25) is 0 Å². The molecule has 1 saturated heterocycles. The van der Waals surface area contributed by atoms with Gasteiger partial charge in [-0.2, -0.15) is 35.9 Å². The van der Waals surface area contributed by atoms with E-state index in [1.807, 2.05) is 36.4 Å².